The average molecular weight is 519 g/mol. The van der Waals surface area contributed by atoms with Crippen molar-refractivity contribution in [3.05, 3.63) is 54.5 Å². The summed E-state index contributed by atoms with van der Waals surface area (Å²) in [4.78, 5) is 16.7. The van der Waals surface area contributed by atoms with E-state index in [0.717, 1.165) is 26.6 Å². The normalized spacial score (nSPS) is 17.2. The lowest BCUT2D eigenvalue weighted by molar-refractivity contribution is 0.0261. The van der Waals surface area contributed by atoms with Crippen LogP contribution in [0.25, 0.3) is 0 Å². The molecule has 0 bridgehead atoms. The Labute approximate surface area is 196 Å². The molecular formula is C22H29BrClNO2S2. The molecule has 1 aliphatic rings. The Balaban J connectivity index is 2.17. The number of thioether (sulfide) groups is 1. The van der Waals surface area contributed by atoms with Crippen molar-refractivity contribution in [1.82, 2.24) is 4.90 Å². The van der Waals surface area contributed by atoms with E-state index in [9.17, 15) is 4.79 Å². The van der Waals surface area contributed by atoms with Gasteiger partial charge in [0.1, 0.15) is 5.60 Å². The second-order valence-corrected chi connectivity index (χ2v) is 11.2. The summed E-state index contributed by atoms with van der Waals surface area (Å²) in [6.07, 6.45) is 6.64. The van der Waals surface area contributed by atoms with Crippen LogP contribution in [0.5, 0.6) is 0 Å². The van der Waals surface area contributed by atoms with Gasteiger partial charge in [0, 0.05) is 38.5 Å². The Bertz CT molecular complexity index is 808. The second-order valence-electron chi connectivity index (χ2n) is 7.87. The molecular weight excluding hydrogens is 490 g/mol. The highest BCUT2D eigenvalue weighted by Crippen LogP contribution is 2.39. The van der Waals surface area contributed by atoms with Gasteiger partial charge in [-0.2, -0.15) is 0 Å². The summed E-state index contributed by atoms with van der Waals surface area (Å²) in [5.41, 5.74) is 0.770. The van der Waals surface area contributed by atoms with E-state index < -0.39 is 5.60 Å². The van der Waals surface area contributed by atoms with Crippen LogP contribution in [0.15, 0.2) is 49.7 Å². The van der Waals surface area contributed by atoms with Crippen molar-refractivity contribution in [1.29, 1.82) is 0 Å². The zero-order chi connectivity index (χ0) is 21.6. The Hall–Kier alpha value is -0.690. The lowest BCUT2D eigenvalue weighted by Crippen LogP contribution is -2.37. The van der Waals surface area contributed by atoms with Gasteiger partial charge in [0.15, 0.2) is 0 Å². The molecule has 1 aliphatic carbocycles. The molecule has 1 aromatic heterocycles. The minimum atomic E-state index is -0.496. The number of halogens is 2. The van der Waals surface area contributed by atoms with Gasteiger partial charge in [-0.15, -0.1) is 23.1 Å². The molecule has 2 rings (SSSR count). The van der Waals surface area contributed by atoms with Crippen LogP contribution >= 0.6 is 50.6 Å². The molecule has 0 spiro atoms. The summed E-state index contributed by atoms with van der Waals surface area (Å²) < 4.78 is 6.66. The van der Waals surface area contributed by atoms with Gasteiger partial charge in [-0.05, 0) is 73.7 Å². The number of nitrogens with zero attached hydrogens (tertiary/aromatic N) is 1. The fourth-order valence-electron chi connectivity index (χ4n) is 2.89. The highest BCUT2D eigenvalue weighted by Gasteiger charge is 2.23. The first-order valence-electron chi connectivity index (χ1n) is 9.71. The molecule has 0 saturated carbocycles. The molecule has 1 aromatic rings. The van der Waals surface area contributed by atoms with E-state index >= 15 is 0 Å². The van der Waals surface area contributed by atoms with Gasteiger partial charge in [0.05, 0.1) is 5.03 Å². The molecule has 1 atom stereocenters. The van der Waals surface area contributed by atoms with Crippen LogP contribution in [0.3, 0.4) is 0 Å². The maximum absolute atomic E-state index is 12.5. The van der Waals surface area contributed by atoms with Crippen molar-refractivity contribution >= 4 is 56.7 Å². The van der Waals surface area contributed by atoms with E-state index in [1.807, 2.05) is 39.8 Å². The van der Waals surface area contributed by atoms with Gasteiger partial charge in [-0.3, -0.25) is 0 Å². The first-order valence-corrected chi connectivity index (χ1v) is 12.8. The highest BCUT2D eigenvalue weighted by molar-refractivity contribution is 9.10. The van der Waals surface area contributed by atoms with E-state index in [2.05, 4.69) is 40.4 Å². The van der Waals surface area contributed by atoms with Gasteiger partial charge in [-0.25, -0.2) is 4.79 Å². The number of ether oxygens (including phenoxy) is 1. The summed E-state index contributed by atoms with van der Waals surface area (Å²) in [7, 11) is 0. The molecule has 0 aliphatic heterocycles. The summed E-state index contributed by atoms with van der Waals surface area (Å²) in [5, 5.41) is 2.86. The van der Waals surface area contributed by atoms with Crippen molar-refractivity contribution in [2.24, 2.45) is 5.92 Å². The summed E-state index contributed by atoms with van der Waals surface area (Å²) >= 11 is 13.7. The van der Waals surface area contributed by atoms with Crippen molar-refractivity contribution in [2.45, 2.75) is 52.4 Å². The minimum Gasteiger partial charge on any atom is -0.444 e. The number of allylic oxidation sites excluding steroid dienone is 4. The topological polar surface area (TPSA) is 29.5 Å². The van der Waals surface area contributed by atoms with Crippen LogP contribution in [0.1, 0.15) is 45.9 Å². The summed E-state index contributed by atoms with van der Waals surface area (Å²) in [6.45, 7) is 11.1. The Morgan fingerprint density at radius 2 is 2.14 bits per heavy atom. The van der Waals surface area contributed by atoms with Crippen LogP contribution in [0.4, 0.5) is 4.79 Å². The third kappa shape index (κ3) is 7.82. The van der Waals surface area contributed by atoms with Crippen LogP contribution in [-0.2, 0) is 10.5 Å². The van der Waals surface area contributed by atoms with E-state index in [-0.39, 0.29) is 12.0 Å². The van der Waals surface area contributed by atoms with E-state index in [0.29, 0.717) is 13.1 Å². The largest absolute Gasteiger partial charge is 0.444 e. The lowest BCUT2D eigenvalue weighted by atomic mass is 9.97. The molecule has 0 saturated heterocycles. The van der Waals surface area contributed by atoms with Crippen LogP contribution in [-0.4, -0.2) is 29.7 Å². The third-order valence-corrected chi connectivity index (χ3v) is 7.90. The van der Waals surface area contributed by atoms with Crippen molar-refractivity contribution < 1.29 is 9.53 Å². The number of thiophene rings is 1. The molecule has 1 amide bonds. The molecule has 7 heteroatoms. The smallest absolute Gasteiger partial charge is 0.410 e. The minimum absolute atomic E-state index is 0.261. The third-order valence-electron chi connectivity index (χ3n) is 4.37. The fourth-order valence-corrected chi connectivity index (χ4v) is 5.99. The Kier molecular flexibility index (Phi) is 9.39. The molecule has 0 fully saturated rings. The highest BCUT2D eigenvalue weighted by atomic mass is 79.9. The SMILES string of the molecule is CCN(CCC1=C(SCc2cc(Br)cs2)C(Cl)=CC=CC1C)C(=O)OC(C)(C)C. The number of carbonyl (C=O) groups excluding carboxylic acids is 1. The number of carbonyl (C=O) groups is 1. The molecule has 0 radical (unpaired) electrons. The van der Waals surface area contributed by atoms with Crippen LogP contribution in [0, 0.1) is 5.92 Å². The van der Waals surface area contributed by atoms with E-state index in [1.54, 1.807) is 28.0 Å². The zero-order valence-corrected chi connectivity index (χ0v) is 21.6. The molecule has 3 nitrogen and oxygen atoms in total. The summed E-state index contributed by atoms with van der Waals surface area (Å²) in [6, 6.07) is 2.15. The Morgan fingerprint density at radius 1 is 1.41 bits per heavy atom. The van der Waals surface area contributed by atoms with Crippen LogP contribution in [0.2, 0.25) is 0 Å². The van der Waals surface area contributed by atoms with Crippen LogP contribution < -0.4 is 0 Å². The predicted octanol–water partition coefficient (Wildman–Crippen LogP) is 7.97. The maximum atomic E-state index is 12.5. The maximum Gasteiger partial charge on any atom is 0.410 e. The quantitative estimate of drug-likeness (QED) is 0.366. The van der Waals surface area contributed by atoms with Crippen molar-refractivity contribution in [3.8, 4) is 0 Å². The average Bonchev–Trinajstić information content (AvgIpc) is 2.98. The molecule has 1 unspecified atom stereocenters. The standard InChI is InChI=1S/C22H29BrClNO2S2/c1-6-25(21(26)27-22(3,4)5)11-10-18-15(2)8-7-9-19(24)20(18)29-14-17-12-16(23)13-28-17/h7-9,12-13,15H,6,10-11,14H2,1-5H3. The Morgan fingerprint density at radius 3 is 2.72 bits per heavy atom. The monoisotopic (exact) mass is 517 g/mol. The molecule has 1 heterocycles. The number of amides is 1. The van der Waals surface area contributed by atoms with Gasteiger partial charge in [0.25, 0.3) is 0 Å². The van der Waals surface area contributed by atoms with E-state index in [4.69, 9.17) is 16.3 Å². The van der Waals surface area contributed by atoms with Gasteiger partial charge in [0.2, 0.25) is 0 Å². The molecule has 0 aromatic carbocycles. The number of hydrogen-bond acceptors (Lipinski definition) is 4. The zero-order valence-electron chi connectivity index (χ0n) is 17.6. The van der Waals surface area contributed by atoms with Gasteiger partial charge >= 0.3 is 6.09 Å². The fraction of sp³-hybridized carbons (Fsp3) is 0.500. The first-order chi connectivity index (χ1) is 13.6. The number of hydrogen-bond donors (Lipinski definition) is 0. The van der Waals surface area contributed by atoms with Crippen molar-refractivity contribution in [2.75, 3.05) is 13.1 Å². The molecule has 0 N–H and O–H groups in total. The molecule has 160 valence electrons. The molecule has 29 heavy (non-hydrogen) atoms. The van der Waals surface area contributed by atoms with Crippen molar-refractivity contribution in [3.63, 3.8) is 0 Å². The predicted molar refractivity (Wildman–Crippen MR) is 131 cm³/mol. The lowest BCUT2D eigenvalue weighted by Gasteiger charge is -2.27. The van der Waals surface area contributed by atoms with E-state index in [1.165, 1.54) is 10.5 Å². The van der Waals surface area contributed by atoms with Gasteiger partial charge in [-0.1, -0.05) is 30.7 Å². The first kappa shape index (κ1) is 24.6. The number of rotatable bonds is 7. The summed E-state index contributed by atoms with van der Waals surface area (Å²) in [5.74, 6) is 1.13. The van der Waals surface area contributed by atoms with Gasteiger partial charge < -0.3 is 9.64 Å². The second kappa shape index (κ2) is 11.1.